The first-order valence-electron chi connectivity index (χ1n) is 8.04. The van der Waals surface area contributed by atoms with Gasteiger partial charge in [0.2, 0.25) is 0 Å². The van der Waals surface area contributed by atoms with E-state index in [2.05, 4.69) is 15.6 Å². The third-order valence-electron chi connectivity index (χ3n) is 4.01. The number of anilines is 1. The molecule has 1 aromatic heterocycles. The van der Waals surface area contributed by atoms with E-state index in [1.165, 1.54) is 16.8 Å². The first kappa shape index (κ1) is 18.1. The van der Waals surface area contributed by atoms with Crippen molar-refractivity contribution in [1.82, 2.24) is 15.0 Å². The fourth-order valence-electron chi connectivity index (χ4n) is 2.61. The van der Waals surface area contributed by atoms with E-state index in [0.717, 1.165) is 5.56 Å². The number of aryl methyl sites for hydroxylation is 1. The average Bonchev–Trinajstić information content (AvgIpc) is 3.04. The van der Waals surface area contributed by atoms with Gasteiger partial charge in [-0.2, -0.15) is 0 Å². The van der Waals surface area contributed by atoms with Crippen LogP contribution in [0.2, 0.25) is 0 Å². The SMILES string of the molecule is COc1cccc(-n2nnc(C(=O)Nc3ccc(C)cc3[N+](=O)[O-])c2C)c1. The number of methoxy groups -OCH3 is 1. The topological polar surface area (TPSA) is 112 Å². The maximum absolute atomic E-state index is 12.6. The average molecular weight is 367 g/mol. The number of aromatic nitrogens is 3. The number of rotatable bonds is 5. The van der Waals surface area contributed by atoms with Gasteiger partial charge in [-0.25, -0.2) is 4.68 Å². The van der Waals surface area contributed by atoms with Crippen LogP contribution in [0, 0.1) is 24.0 Å². The van der Waals surface area contributed by atoms with Gasteiger partial charge < -0.3 is 10.1 Å². The Bertz CT molecular complexity index is 1030. The molecule has 0 radical (unpaired) electrons. The van der Waals surface area contributed by atoms with Gasteiger partial charge in [0.25, 0.3) is 11.6 Å². The number of ether oxygens (including phenoxy) is 1. The van der Waals surface area contributed by atoms with Crippen molar-refractivity contribution in [3.05, 3.63) is 69.5 Å². The lowest BCUT2D eigenvalue weighted by Gasteiger charge is -2.07. The van der Waals surface area contributed by atoms with Crippen LogP contribution in [0.4, 0.5) is 11.4 Å². The molecule has 0 aliphatic carbocycles. The highest BCUT2D eigenvalue weighted by molar-refractivity contribution is 6.04. The Labute approximate surface area is 154 Å². The molecule has 0 aliphatic heterocycles. The summed E-state index contributed by atoms with van der Waals surface area (Å²) in [6.07, 6.45) is 0. The molecule has 0 fully saturated rings. The zero-order chi connectivity index (χ0) is 19.6. The molecule has 3 aromatic rings. The smallest absolute Gasteiger partial charge is 0.293 e. The van der Waals surface area contributed by atoms with Crippen LogP contribution in [0.15, 0.2) is 42.5 Å². The normalized spacial score (nSPS) is 10.5. The lowest BCUT2D eigenvalue weighted by molar-refractivity contribution is -0.384. The maximum atomic E-state index is 12.6. The molecule has 0 aliphatic rings. The van der Waals surface area contributed by atoms with E-state index in [4.69, 9.17) is 4.74 Å². The predicted molar refractivity (Wildman–Crippen MR) is 98.4 cm³/mol. The summed E-state index contributed by atoms with van der Waals surface area (Å²) in [5.74, 6) is 0.0669. The molecule has 3 rings (SSSR count). The van der Waals surface area contributed by atoms with Crippen LogP contribution < -0.4 is 10.1 Å². The highest BCUT2D eigenvalue weighted by Gasteiger charge is 2.21. The summed E-state index contributed by atoms with van der Waals surface area (Å²) in [5.41, 5.74) is 1.90. The third-order valence-corrected chi connectivity index (χ3v) is 4.01. The second kappa shape index (κ2) is 7.24. The van der Waals surface area contributed by atoms with E-state index >= 15 is 0 Å². The Morgan fingerprint density at radius 2 is 2.00 bits per heavy atom. The molecule has 1 N–H and O–H groups in total. The van der Waals surface area contributed by atoms with Crippen LogP contribution in [0.25, 0.3) is 5.69 Å². The van der Waals surface area contributed by atoms with E-state index in [1.54, 1.807) is 51.3 Å². The molecule has 0 spiro atoms. The van der Waals surface area contributed by atoms with Gasteiger partial charge >= 0.3 is 0 Å². The standard InChI is InChI=1S/C18H17N5O4/c1-11-7-8-15(16(9-11)23(25)26)19-18(24)17-12(2)22(21-20-17)13-5-4-6-14(10-13)27-3/h4-10H,1-3H3,(H,19,24). The van der Waals surface area contributed by atoms with Crippen LogP contribution in [-0.2, 0) is 0 Å². The van der Waals surface area contributed by atoms with Crippen LogP contribution in [0.5, 0.6) is 5.75 Å². The number of nitro benzene ring substituents is 1. The quantitative estimate of drug-likeness (QED) is 0.548. The molecule has 0 saturated carbocycles. The Balaban J connectivity index is 1.91. The Morgan fingerprint density at radius 3 is 2.70 bits per heavy atom. The summed E-state index contributed by atoms with van der Waals surface area (Å²) in [6, 6.07) is 11.7. The highest BCUT2D eigenvalue weighted by Crippen LogP contribution is 2.26. The third kappa shape index (κ3) is 3.61. The molecule has 0 atom stereocenters. The summed E-state index contributed by atoms with van der Waals surface area (Å²) in [5, 5.41) is 21.7. The van der Waals surface area contributed by atoms with E-state index in [-0.39, 0.29) is 17.1 Å². The van der Waals surface area contributed by atoms with E-state index < -0.39 is 10.8 Å². The summed E-state index contributed by atoms with van der Waals surface area (Å²) in [7, 11) is 1.56. The van der Waals surface area contributed by atoms with Crippen molar-refractivity contribution in [2.75, 3.05) is 12.4 Å². The molecule has 0 unspecified atom stereocenters. The fourth-order valence-corrected chi connectivity index (χ4v) is 2.61. The van der Waals surface area contributed by atoms with E-state index in [0.29, 0.717) is 17.1 Å². The van der Waals surface area contributed by atoms with Crippen molar-refractivity contribution in [2.45, 2.75) is 13.8 Å². The van der Waals surface area contributed by atoms with Gasteiger partial charge in [0.1, 0.15) is 11.4 Å². The van der Waals surface area contributed by atoms with Crippen LogP contribution in [-0.4, -0.2) is 32.9 Å². The second-order valence-corrected chi connectivity index (χ2v) is 5.87. The van der Waals surface area contributed by atoms with Crippen LogP contribution in [0.3, 0.4) is 0 Å². The fraction of sp³-hybridized carbons (Fsp3) is 0.167. The van der Waals surface area contributed by atoms with Crippen molar-refractivity contribution in [1.29, 1.82) is 0 Å². The predicted octanol–water partition coefficient (Wildman–Crippen LogP) is 3.05. The largest absolute Gasteiger partial charge is 0.497 e. The number of nitrogens with zero attached hydrogens (tertiary/aromatic N) is 4. The highest BCUT2D eigenvalue weighted by atomic mass is 16.6. The Morgan fingerprint density at radius 1 is 1.22 bits per heavy atom. The van der Waals surface area contributed by atoms with Crippen molar-refractivity contribution < 1.29 is 14.5 Å². The number of amides is 1. The number of carbonyl (C=O) groups is 1. The number of hydrogen-bond acceptors (Lipinski definition) is 6. The molecule has 9 nitrogen and oxygen atoms in total. The van der Waals surface area contributed by atoms with Gasteiger partial charge in [0.05, 0.1) is 23.4 Å². The number of nitro groups is 1. The molecule has 27 heavy (non-hydrogen) atoms. The molecule has 1 heterocycles. The Hall–Kier alpha value is -3.75. The van der Waals surface area contributed by atoms with Crippen LogP contribution in [0.1, 0.15) is 21.7 Å². The summed E-state index contributed by atoms with van der Waals surface area (Å²) < 4.78 is 6.69. The first-order valence-corrected chi connectivity index (χ1v) is 8.04. The van der Waals surface area contributed by atoms with Gasteiger partial charge in [0.15, 0.2) is 5.69 Å². The number of benzene rings is 2. The minimum absolute atomic E-state index is 0.0766. The van der Waals surface area contributed by atoms with Crippen molar-refractivity contribution in [2.24, 2.45) is 0 Å². The van der Waals surface area contributed by atoms with Gasteiger partial charge in [0, 0.05) is 12.1 Å². The van der Waals surface area contributed by atoms with Crippen molar-refractivity contribution in [3.63, 3.8) is 0 Å². The number of hydrogen-bond donors (Lipinski definition) is 1. The minimum Gasteiger partial charge on any atom is -0.497 e. The summed E-state index contributed by atoms with van der Waals surface area (Å²) in [6.45, 7) is 3.43. The number of nitrogens with one attached hydrogen (secondary N) is 1. The molecule has 138 valence electrons. The first-order chi connectivity index (χ1) is 12.9. The van der Waals surface area contributed by atoms with Crippen molar-refractivity contribution in [3.8, 4) is 11.4 Å². The lowest BCUT2D eigenvalue weighted by Crippen LogP contribution is -2.15. The van der Waals surface area contributed by atoms with Gasteiger partial charge in [-0.1, -0.05) is 17.3 Å². The molecule has 0 saturated heterocycles. The zero-order valence-electron chi connectivity index (χ0n) is 15.0. The van der Waals surface area contributed by atoms with Gasteiger partial charge in [-0.3, -0.25) is 14.9 Å². The van der Waals surface area contributed by atoms with Crippen LogP contribution >= 0.6 is 0 Å². The second-order valence-electron chi connectivity index (χ2n) is 5.87. The molecule has 1 amide bonds. The maximum Gasteiger partial charge on any atom is 0.293 e. The minimum atomic E-state index is -0.575. The lowest BCUT2D eigenvalue weighted by atomic mass is 10.2. The van der Waals surface area contributed by atoms with Gasteiger partial charge in [-0.15, -0.1) is 5.10 Å². The number of carbonyl (C=O) groups excluding carboxylic acids is 1. The van der Waals surface area contributed by atoms with Gasteiger partial charge in [-0.05, 0) is 37.6 Å². The van der Waals surface area contributed by atoms with E-state index in [1.807, 2.05) is 0 Å². The molecular weight excluding hydrogens is 350 g/mol. The molecule has 9 heteroatoms. The monoisotopic (exact) mass is 367 g/mol. The Kier molecular flexibility index (Phi) is 4.84. The summed E-state index contributed by atoms with van der Waals surface area (Å²) in [4.78, 5) is 23.3. The molecule has 0 bridgehead atoms. The van der Waals surface area contributed by atoms with E-state index in [9.17, 15) is 14.9 Å². The van der Waals surface area contributed by atoms with Crippen molar-refractivity contribution >= 4 is 17.3 Å². The summed E-state index contributed by atoms with van der Waals surface area (Å²) >= 11 is 0. The zero-order valence-corrected chi connectivity index (χ0v) is 15.0. The molecular formula is C18H17N5O4. The molecule has 2 aromatic carbocycles.